The van der Waals surface area contributed by atoms with Crippen molar-refractivity contribution in [1.82, 2.24) is 10.6 Å². The normalized spacial score (nSPS) is 22.9. The molecule has 10 nitrogen and oxygen atoms in total. The predicted octanol–water partition coefficient (Wildman–Crippen LogP) is 2.15. The summed E-state index contributed by atoms with van der Waals surface area (Å²) in [6.07, 6.45) is 2.05. The molecule has 166 valence electrons. The van der Waals surface area contributed by atoms with E-state index in [1.165, 1.54) is 28.4 Å². The first-order valence-electron chi connectivity index (χ1n) is 9.45. The maximum Gasteiger partial charge on any atom is 0.350 e. The third-order valence-corrected chi connectivity index (χ3v) is 10.9. The van der Waals surface area contributed by atoms with E-state index < -0.39 is 25.8 Å². The van der Waals surface area contributed by atoms with Crippen molar-refractivity contribution in [3.05, 3.63) is 0 Å². The summed E-state index contributed by atoms with van der Waals surface area (Å²) in [6.45, 7) is 2.82. The summed E-state index contributed by atoms with van der Waals surface area (Å²) in [5, 5.41) is 5.10. The monoisotopic (exact) mass is 444 g/mol. The Bertz CT molecular complexity index is 513. The quantitative estimate of drug-likeness (QED) is 0.363. The summed E-state index contributed by atoms with van der Waals surface area (Å²) < 4.78 is 58.3. The van der Waals surface area contributed by atoms with Gasteiger partial charge in [0.15, 0.2) is 0 Å². The molecule has 0 radical (unpaired) electrons. The fraction of sp³-hybridized carbons (Fsp3) is 1.00. The minimum atomic E-state index is -3.36. The second-order valence-corrected chi connectivity index (χ2v) is 12.0. The molecule has 2 aliphatic rings. The SMILES string of the molecule is COP(=O)(OC)C1(NCCNC2(P(=O)(OC)OC)CCOCC2)CCOCC1. The van der Waals surface area contributed by atoms with Gasteiger partial charge in [0.25, 0.3) is 0 Å². The zero-order valence-corrected chi connectivity index (χ0v) is 19.0. The second kappa shape index (κ2) is 10.4. The van der Waals surface area contributed by atoms with E-state index in [-0.39, 0.29) is 0 Å². The summed E-state index contributed by atoms with van der Waals surface area (Å²) in [5.41, 5.74) is 0. The number of nitrogens with one attached hydrogen (secondary N) is 2. The van der Waals surface area contributed by atoms with Crippen molar-refractivity contribution in [2.24, 2.45) is 0 Å². The van der Waals surface area contributed by atoms with Gasteiger partial charge < -0.3 is 27.6 Å². The summed E-state index contributed by atoms with van der Waals surface area (Å²) in [4.78, 5) is 0. The molecule has 2 aliphatic heterocycles. The van der Waals surface area contributed by atoms with Gasteiger partial charge in [0.1, 0.15) is 10.6 Å². The van der Waals surface area contributed by atoms with Crippen molar-refractivity contribution < 1.29 is 36.7 Å². The van der Waals surface area contributed by atoms with Gasteiger partial charge in [0.05, 0.1) is 0 Å². The number of hydrogen-bond acceptors (Lipinski definition) is 10. The van der Waals surface area contributed by atoms with Crippen molar-refractivity contribution >= 4 is 15.2 Å². The molecule has 0 aromatic carbocycles. The molecule has 0 saturated carbocycles. The van der Waals surface area contributed by atoms with Crippen molar-refractivity contribution in [3.63, 3.8) is 0 Å². The van der Waals surface area contributed by atoms with Crippen LogP contribution in [0.25, 0.3) is 0 Å². The lowest BCUT2D eigenvalue weighted by Gasteiger charge is -2.43. The first kappa shape index (κ1) is 24.4. The minimum Gasteiger partial charge on any atom is -0.381 e. The van der Waals surface area contributed by atoms with E-state index in [9.17, 15) is 9.13 Å². The molecule has 0 spiro atoms. The molecule has 12 heteroatoms. The average Bonchev–Trinajstić information content (AvgIpc) is 2.76. The molecular weight excluding hydrogens is 410 g/mol. The van der Waals surface area contributed by atoms with Gasteiger partial charge in [-0.2, -0.15) is 0 Å². The maximum atomic E-state index is 13.2. The highest BCUT2D eigenvalue weighted by Crippen LogP contribution is 2.62. The van der Waals surface area contributed by atoms with Crippen LogP contribution in [0, 0.1) is 0 Å². The first-order valence-corrected chi connectivity index (χ1v) is 12.5. The molecule has 28 heavy (non-hydrogen) atoms. The average molecular weight is 444 g/mol. The Morgan fingerprint density at radius 3 is 1.21 bits per heavy atom. The molecule has 0 aromatic heterocycles. The van der Waals surface area contributed by atoms with Crippen molar-refractivity contribution in [2.75, 3.05) is 68.0 Å². The van der Waals surface area contributed by atoms with Gasteiger partial charge in [0, 0.05) is 93.6 Å². The molecule has 0 aliphatic carbocycles. The zero-order valence-electron chi connectivity index (χ0n) is 17.2. The Morgan fingerprint density at radius 2 is 0.964 bits per heavy atom. The van der Waals surface area contributed by atoms with Crippen LogP contribution in [0.3, 0.4) is 0 Å². The van der Waals surface area contributed by atoms with Crippen LogP contribution in [0.5, 0.6) is 0 Å². The summed E-state index contributed by atoms with van der Waals surface area (Å²) in [6, 6.07) is 0. The van der Waals surface area contributed by atoms with Gasteiger partial charge in [-0.05, 0) is 0 Å². The molecule has 2 N–H and O–H groups in total. The predicted molar refractivity (Wildman–Crippen MR) is 105 cm³/mol. The second-order valence-electron chi connectivity index (χ2n) is 6.87. The smallest absolute Gasteiger partial charge is 0.350 e. The lowest BCUT2D eigenvalue weighted by atomic mass is 10.1. The lowest BCUT2D eigenvalue weighted by Crippen LogP contribution is -2.55. The van der Waals surface area contributed by atoms with Crippen LogP contribution in [-0.2, 0) is 36.7 Å². The Morgan fingerprint density at radius 1 is 0.679 bits per heavy atom. The Balaban J connectivity index is 2.06. The van der Waals surface area contributed by atoms with Crippen molar-refractivity contribution in [1.29, 1.82) is 0 Å². The van der Waals surface area contributed by atoms with Crippen LogP contribution in [0.15, 0.2) is 0 Å². The van der Waals surface area contributed by atoms with E-state index in [0.29, 0.717) is 65.2 Å². The molecule has 2 rings (SSSR count). The molecule has 0 aromatic rings. The third kappa shape index (κ3) is 4.72. The molecule has 0 unspecified atom stereocenters. The fourth-order valence-corrected chi connectivity index (χ4v) is 7.72. The van der Waals surface area contributed by atoms with Crippen LogP contribution in [0.4, 0.5) is 0 Å². The van der Waals surface area contributed by atoms with Gasteiger partial charge in [-0.3, -0.25) is 19.8 Å². The Hall–Kier alpha value is 0.140. The van der Waals surface area contributed by atoms with Gasteiger partial charge in [-0.15, -0.1) is 0 Å². The van der Waals surface area contributed by atoms with E-state index in [4.69, 9.17) is 27.6 Å². The number of hydrogen-bond donors (Lipinski definition) is 2. The van der Waals surface area contributed by atoms with Crippen molar-refractivity contribution in [3.8, 4) is 0 Å². The molecule has 2 saturated heterocycles. The number of rotatable bonds is 11. The third-order valence-electron chi connectivity index (χ3n) is 5.68. The van der Waals surface area contributed by atoms with Crippen LogP contribution in [0.1, 0.15) is 25.7 Å². The van der Waals surface area contributed by atoms with Crippen molar-refractivity contribution in [2.45, 2.75) is 36.2 Å². The van der Waals surface area contributed by atoms with Gasteiger partial charge in [-0.1, -0.05) is 0 Å². The van der Waals surface area contributed by atoms with E-state index in [1.54, 1.807) is 0 Å². The van der Waals surface area contributed by atoms with Crippen LogP contribution >= 0.6 is 15.2 Å². The zero-order chi connectivity index (χ0) is 20.7. The van der Waals surface area contributed by atoms with Crippen LogP contribution < -0.4 is 10.6 Å². The molecular formula is C16H34N2O8P2. The lowest BCUT2D eigenvalue weighted by molar-refractivity contribution is 0.0485. The van der Waals surface area contributed by atoms with E-state index in [2.05, 4.69) is 10.6 Å². The maximum absolute atomic E-state index is 13.2. The molecule has 0 amide bonds. The largest absolute Gasteiger partial charge is 0.381 e. The van der Waals surface area contributed by atoms with Crippen LogP contribution in [0.2, 0.25) is 0 Å². The van der Waals surface area contributed by atoms with E-state index in [0.717, 1.165) is 0 Å². The number of ether oxygens (including phenoxy) is 2. The first-order chi connectivity index (χ1) is 13.4. The van der Waals surface area contributed by atoms with Crippen LogP contribution in [-0.4, -0.2) is 78.5 Å². The molecule has 2 heterocycles. The minimum absolute atomic E-state index is 0.465. The van der Waals surface area contributed by atoms with Gasteiger partial charge in [0.2, 0.25) is 0 Å². The molecule has 2 fully saturated rings. The standard InChI is InChI=1S/C16H34N2O8P2/c1-21-27(19,22-2)15(5-11-25-12-6-15)17-9-10-18-16(7-13-26-14-8-16)28(20,23-3)24-4/h17-18H,5-14H2,1-4H3. The highest BCUT2D eigenvalue weighted by atomic mass is 31.2. The molecule has 0 bridgehead atoms. The summed E-state index contributed by atoms with van der Waals surface area (Å²) in [5.74, 6) is 0. The highest BCUT2D eigenvalue weighted by Gasteiger charge is 2.52. The van der Waals surface area contributed by atoms with Gasteiger partial charge in [-0.25, -0.2) is 0 Å². The highest BCUT2D eigenvalue weighted by molar-refractivity contribution is 7.55. The van der Waals surface area contributed by atoms with Gasteiger partial charge >= 0.3 is 15.2 Å². The topological polar surface area (TPSA) is 114 Å². The van der Waals surface area contributed by atoms with E-state index in [1.807, 2.05) is 0 Å². The summed E-state index contributed by atoms with van der Waals surface area (Å²) >= 11 is 0. The van der Waals surface area contributed by atoms with E-state index >= 15 is 0 Å². The molecule has 0 atom stereocenters. The fourth-order valence-electron chi connectivity index (χ4n) is 3.95. The summed E-state index contributed by atoms with van der Waals surface area (Å²) in [7, 11) is -1.15. The Kier molecular flexibility index (Phi) is 9.10. The Labute approximate surface area is 167 Å².